The number of aryl methyl sites for hydroxylation is 1. The standard InChI is InChI=1S/C21H28N6O3/c1-16-22-19(15-20(23-16)26-11-13-30-14-12-26)25-7-9-27(10-8-25)21(28)24-17-5-3-4-6-18(17)29-2/h3-6,15H,7-14H2,1-2H3,(H,24,28). The van der Waals surface area contributed by atoms with Crippen LogP contribution in [-0.2, 0) is 4.74 Å². The number of piperazine rings is 1. The SMILES string of the molecule is COc1ccccc1NC(=O)N1CCN(c2cc(N3CCOCC3)nc(C)n2)CC1. The second-order valence-corrected chi connectivity index (χ2v) is 7.34. The molecule has 30 heavy (non-hydrogen) atoms. The minimum absolute atomic E-state index is 0.118. The predicted octanol–water partition coefficient (Wildman–Crippen LogP) is 1.98. The van der Waals surface area contributed by atoms with Crippen LogP contribution in [0.4, 0.5) is 22.1 Å². The molecule has 0 atom stereocenters. The Balaban J connectivity index is 1.38. The number of ether oxygens (including phenoxy) is 2. The van der Waals surface area contributed by atoms with E-state index in [0.717, 1.165) is 56.9 Å². The number of hydrogen-bond acceptors (Lipinski definition) is 7. The van der Waals surface area contributed by atoms with Crippen LogP contribution < -0.4 is 19.9 Å². The van der Waals surface area contributed by atoms with Gasteiger partial charge in [-0.1, -0.05) is 12.1 Å². The highest BCUT2D eigenvalue weighted by Crippen LogP contribution is 2.24. The number of rotatable bonds is 4. The number of para-hydroxylation sites is 2. The van der Waals surface area contributed by atoms with Crippen LogP contribution in [0.1, 0.15) is 5.82 Å². The number of carbonyl (C=O) groups excluding carboxylic acids is 1. The number of aromatic nitrogens is 2. The van der Waals surface area contributed by atoms with E-state index in [0.29, 0.717) is 24.5 Å². The number of anilines is 3. The molecule has 4 rings (SSSR count). The summed E-state index contributed by atoms with van der Waals surface area (Å²) in [4.78, 5) is 28.2. The minimum Gasteiger partial charge on any atom is -0.495 e. The van der Waals surface area contributed by atoms with Crippen molar-refractivity contribution in [2.75, 3.05) is 74.7 Å². The molecular weight excluding hydrogens is 384 g/mol. The molecule has 0 radical (unpaired) electrons. The van der Waals surface area contributed by atoms with Crippen molar-refractivity contribution in [3.05, 3.63) is 36.2 Å². The zero-order chi connectivity index (χ0) is 20.9. The first-order valence-corrected chi connectivity index (χ1v) is 10.3. The number of nitrogens with zero attached hydrogens (tertiary/aromatic N) is 5. The molecule has 0 unspecified atom stereocenters. The summed E-state index contributed by atoms with van der Waals surface area (Å²) in [6.07, 6.45) is 0. The predicted molar refractivity (Wildman–Crippen MR) is 116 cm³/mol. The molecule has 0 bridgehead atoms. The average molecular weight is 412 g/mol. The summed E-state index contributed by atoms with van der Waals surface area (Å²) in [7, 11) is 1.60. The van der Waals surface area contributed by atoms with E-state index in [1.54, 1.807) is 7.11 Å². The number of carbonyl (C=O) groups is 1. The highest BCUT2D eigenvalue weighted by atomic mass is 16.5. The highest BCUT2D eigenvalue weighted by molar-refractivity contribution is 5.91. The van der Waals surface area contributed by atoms with Gasteiger partial charge in [-0.15, -0.1) is 0 Å². The molecule has 2 amide bonds. The monoisotopic (exact) mass is 412 g/mol. The van der Waals surface area contributed by atoms with Crippen LogP contribution in [0.3, 0.4) is 0 Å². The summed E-state index contributed by atoms with van der Waals surface area (Å²) in [6, 6.07) is 9.35. The number of hydrogen-bond donors (Lipinski definition) is 1. The van der Waals surface area contributed by atoms with Gasteiger partial charge in [-0.25, -0.2) is 14.8 Å². The first-order chi connectivity index (χ1) is 14.6. The molecule has 0 spiro atoms. The molecule has 1 aromatic heterocycles. The molecule has 2 saturated heterocycles. The van der Waals surface area contributed by atoms with E-state index in [2.05, 4.69) is 25.1 Å². The van der Waals surface area contributed by atoms with Crippen LogP contribution in [0.5, 0.6) is 5.75 Å². The van der Waals surface area contributed by atoms with Crippen LogP contribution >= 0.6 is 0 Å². The first-order valence-electron chi connectivity index (χ1n) is 10.3. The number of urea groups is 1. The number of amides is 2. The third kappa shape index (κ3) is 4.56. The van der Waals surface area contributed by atoms with E-state index in [-0.39, 0.29) is 6.03 Å². The molecule has 9 nitrogen and oxygen atoms in total. The maximum absolute atomic E-state index is 12.7. The molecule has 2 aliphatic heterocycles. The van der Waals surface area contributed by atoms with Gasteiger partial charge in [-0.3, -0.25) is 0 Å². The molecule has 0 saturated carbocycles. The minimum atomic E-state index is -0.118. The third-order valence-corrected chi connectivity index (χ3v) is 5.39. The third-order valence-electron chi connectivity index (χ3n) is 5.39. The maximum Gasteiger partial charge on any atom is 0.322 e. The molecule has 2 fully saturated rings. The topological polar surface area (TPSA) is 83.1 Å². The Morgan fingerprint density at radius 2 is 1.63 bits per heavy atom. The van der Waals surface area contributed by atoms with Crippen LogP contribution in [0.2, 0.25) is 0 Å². The second kappa shape index (κ2) is 9.17. The van der Waals surface area contributed by atoms with Crippen molar-refractivity contribution >= 4 is 23.4 Å². The van der Waals surface area contributed by atoms with E-state index < -0.39 is 0 Å². The fourth-order valence-electron chi connectivity index (χ4n) is 3.73. The zero-order valence-electron chi connectivity index (χ0n) is 17.5. The van der Waals surface area contributed by atoms with Crippen LogP contribution in [-0.4, -0.2) is 80.5 Å². The van der Waals surface area contributed by atoms with Gasteiger partial charge >= 0.3 is 6.03 Å². The summed E-state index contributed by atoms with van der Waals surface area (Å²) in [5, 5.41) is 2.95. The molecule has 1 N–H and O–H groups in total. The van der Waals surface area contributed by atoms with Crippen molar-refractivity contribution in [2.45, 2.75) is 6.92 Å². The van der Waals surface area contributed by atoms with Crippen molar-refractivity contribution in [1.82, 2.24) is 14.9 Å². The molecule has 2 aliphatic rings. The van der Waals surface area contributed by atoms with E-state index in [1.807, 2.05) is 42.2 Å². The maximum atomic E-state index is 12.7. The van der Waals surface area contributed by atoms with Gasteiger partial charge in [0.15, 0.2) is 0 Å². The smallest absolute Gasteiger partial charge is 0.322 e. The summed E-state index contributed by atoms with van der Waals surface area (Å²) in [5.74, 6) is 3.26. The van der Waals surface area contributed by atoms with Gasteiger partial charge < -0.3 is 29.5 Å². The Labute approximate surface area is 176 Å². The normalized spacial score (nSPS) is 17.1. The lowest BCUT2D eigenvalue weighted by Crippen LogP contribution is -2.50. The number of methoxy groups -OCH3 is 1. The van der Waals surface area contributed by atoms with Gasteiger partial charge in [0.05, 0.1) is 26.0 Å². The molecule has 3 heterocycles. The number of morpholine rings is 1. The Kier molecular flexibility index (Phi) is 6.18. The fraction of sp³-hybridized carbons (Fsp3) is 0.476. The summed E-state index contributed by atoms with van der Waals surface area (Å²) in [5.41, 5.74) is 0.675. The van der Waals surface area contributed by atoms with Crippen LogP contribution in [0, 0.1) is 6.92 Å². The summed E-state index contributed by atoms with van der Waals surface area (Å²) < 4.78 is 10.8. The van der Waals surface area contributed by atoms with Crippen molar-refractivity contribution in [3.63, 3.8) is 0 Å². The van der Waals surface area contributed by atoms with E-state index in [1.165, 1.54) is 0 Å². The van der Waals surface area contributed by atoms with E-state index >= 15 is 0 Å². The number of nitrogens with one attached hydrogen (secondary N) is 1. The summed E-state index contributed by atoms with van der Waals surface area (Å²) in [6.45, 7) is 7.73. The fourth-order valence-corrected chi connectivity index (χ4v) is 3.73. The van der Waals surface area contributed by atoms with Crippen molar-refractivity contribution < 1.29 is 14.3 Å². The molecule has 2 aromatic rings. The lowest BCUT2D eigenvalue weighted by Gasteiger charge is -2.36. The Bertz CT molecular complexity index is 879. The zero-order valence-corrected chi connectivity index (χ0v) is 17.5. The van der Waals surface area contributed by atoms with Crippen molar-refractivity contribution in [1.29, 1.82) is 0 Å². The number of benzene rings is 1. The van der Waals surface area contributed by atoms with Gasteiger partial charge in [0, 0.05) is 45.3 Å². The van der Waals surface area contributed by atoms with Gasteiger partial charge in [0.25, 0.3) is 0 Å². The van der Waals surface area contributed by atoms with Gasteiger partial charge in [-0.05, 0) is 19.1 Å². The van der Waals surface area contributed by atoms with Crippen molar-refractivity contribution in [2.24, 2.45) is 0 Å². The van der Waals surface area contributed by atoms with Gasteiger partial charge in [0.2, 0.25) is 0 Å². The van der Waals surface area contributed by atoms with E-state index in [9.17, 15) is 4.79 Å². The molecule has 0 aliphatic carbocycles. The van der Waals surface area contributed by atoms with Gasteiger partial charge in [0.1, 0.15) is 23.2 Å². The largest absolute Gasteiger partial charge is 0.495 e. The Hall–Kier alpha value is -3.07. The molecule has 1 aromatic carbocycles. The van der Waals surface area contributed by atoms with Crippen LogP contribution in [0.15, 0.2) is 30.3 Å². The Morgan fingerprint density at radius 3 is 2.30 bits per heavy atom. The lowest BCUT2D eigenvalue weighted by atomic mass is 10.3. The molecule has 9 heteroatoms. The van der Waals surface area contributed by atoms with E-state index in [4.69, 9.17) is 9.47 Å². The summed E-state index contributed by atoms with van der Waals surface area (Å²) >= 11 is 0. The Morgan fingerprint density at radius 1 is 1.00 bits per heavy atom. The molecule has 160 valence electrons. The van der Waals surface area contributed by atoms with Crippen molar-refractivity contribution in [3.8, 4) is 5.75 Å². The average Bonchev–Trinajstić information content (AvgIpc) is 2.79. The lowest BCUT2D eigenvalue weighted by molar-refractivity contribution is 0.122. The molecular formula is C21H28N6O3. The van der Waals surface area contributed by atoms with Crippen LogP contribution in [0.25, 0.3) is 0 Å². The first kappa shape index (κ1) is 20.2. The highest BCUT2D eigenvalue weighted by Gasteiger charge is 2.24. The van der Waals surface area contributed by atoms with Gasteiger partial charge in [-0.2, -0.15) is 0 Å². The quantitative estimate of drug-likeness (QED) is 0.822. The second-order valence-electron chi connectivity index (χ2n) is 7.34.